The number of nitrogens with two attached hydrogens (primary N) is 1. The maximum atomic E-state index is 13.3. The van der Waals surface area contributed by atoms with Crippen molar-refractivity contribution in [2.45, 2.75) is 113 Å². The van der Waals surface area contributed by atoms with E-state index in [9.17, 15) is 19.2 Å². The number of amides is 5. The van der Waals surface area contributed by atoms with Crippen LogP contribution in [0.2, 0.25) is 0 Å². The number of halogens is 1. The summed E-state index contributed by atoms with van der Waals surface area (Å²) in [6.45, 7) is 27.5. The molecule has 0 fully saturated rings. The van der Waals surface area contributed by atoms with E-state index in [1.54, 1.807) is 40.8 Å². The van der Waals surface area contributed by atoms with Crippen LogP contribution >= 0.6 is 11.6 Å². The van der Waals surface area contributed by atoms with Crippen LogP contribution in [-0.4, -0.2) is 71.8 Å². The zero-order valence-corrected chi connectivity index (χ0v) is 56.1. The van der Waals surface area contributed by atoms with Crippen molar-refractivity contribution in [1.82, 2.24) is 29.5 Å². The SMILES string of the molecule is C=C(C)Cl.CO[C@@H](C)C(=O)O.Cc1ccc(-n2nc(C(C)(C)C)cc2NC(=O)Nc2ccc(OCc3ccnc(N)c3)c3ccccc23)cc1.Cc1ccc(-n2nc(C(C)(C)C)cc2NC(=O)Nc2ccc(OCc3ccnc(NC(=O)C(C)C)c3)c3ccccc23)cc1. The Balaban J connectivity index is 0.000000231. The van der Waals surface area contributed by atoms with E-state index in [0.717, 1.165) is 66.6 Å². The molecule has 0 radical (unpaired) electrons. The lowest BCUT2D eigenvalue weighted by atomic mass is 9.92. The number of pyridine rings is 2. The average Bonchev–Trinajstić information content (AvgIpc) is 0.891. The number of fused-ring (bicyclic) bond motifs is 2. The molecule has 4 aromatic heterocycles. The molecule has 4 heterocycles. The van der Waals surface area contributed by atoms with Crippen molar-refractivity contribution >= 4 is 91.7 Å². The maximum Gasteiger partial charge on any atom is 0.332 e. The van der Waals surface area contributed by atoms with Gasteiger partial charge in [0.15, 0.2) is 6.10 Å². The van der Waals surface area contributed by atoms with Crippen molar-refractivity contribution in [2.75, 3.05) is 39.4 Å². The van der Waals surface area contributed by atoms with E-state index in [1.165, 1.54) is 14.0 Å². The molecule has 10 aromatic rings. The first-order valence-electron chi connectivity index (χ1n) is 30.4. The molecule has 0 aliphatic heterocycles. The first-order chi connectivity index (χ1) is 44.6. The molecule has 0 saturated carbocycles. The fourth-order valence-electron chi connectivity index (χ4n) is 8.90. The van der Waals surface area contributed by atoms with Crippen LogP contribution in [-0.2, 0) is 38.4 Å². The summed E-state index contributed by atoms with van der Waals surface area (Å²) in [6.07, 6.45) is 2.63. The van der Waals surface area contributed by atoms with E-state index in [4.69, 9.17) is 42.1 Å². The number of carboxylic acids is 1. The summed E-state index contributed by atoms with van der Waals surface area (Å²) < 4.78 is 20.2. The number of nitrogens with zero attached hydrogens (tertiary/aromatic N) is 6. The smallest absolute Gasteiger partial charge is 0.332 e. The normalized spacial score (nSPS) is 11.4. The minimum absolute atomic E-state index is 0.0945. The third-order valence-electron chi connectivity index (χ3n) is 14.2. The Labute approximate surface area is 553 Å². The molecule has 0 spiro atoms. The summed E-state index contributed by atoms with van der Waals surface area (Å²) >= 11 is 5.08. The summed E-state index contributed by atoms with van der Waals surface area (Å²) in [4.78, 5) is 56.7. The van der Waals surface area contributed by atoms with Crippen LogP contribution in [0.1, 0.15) is 103 Å². The Morgan fingerprint density at radius 2 is 0.979 bits per heavy atom. The maximum absolute atomic E-state index is 13.3. The second-order valence-electron chi connectivity index (χ2n) is 24.5. The average molecular weight is 1290 g/mol. The highest BCUT2D eigenvalue weighted by Gasteiger charge is 2.24. The van der Waals surface area contributed by atoms with E-state index in [1.807, 2.05) is 173 Å². The highest BCUT2D eigenvalue weighted by molar-refractivity contribution is 6.28. The molecule has 8 N–H and O–H groups in total. The highest BCUT2D eigenvalue weighted by atomic mass is 35.5. The predicted octanol–water partition coefficient (Wildman–Crippen LogP) is 16.5. The minimum atomic E-state index is -0.928. The van der Waals surface area contributed by atoms with Crippen LogP contribution in [0.5, 0.6) is 11.5 Å². The number of methoxy groups -OCH3 is 1. The molecule has 20 nitrogen and oxygen atoms in total. The second-order valence-corrected chi connectivity index (χ2v) is 25.2. The molecule has 0 unspecified atom stereocenters. The van der Waals surface area contributed by atoms with E-state index >= 15 is 0 Å². The lowest BCUT2D eigenvalue weighted by molar-refractivity contribution is -0.147. The van der Waals surface area contributed by atoms with Crippen LogP contribution in [0.15, 0.2) is 182 Å². The number of benzene rings is 6. The summed E-state index contributed by atoms with van der Waals surface area (Å²) in [7, 11) is 1.36. The Bertz CT molecular complexity index is 4260. The largest absolute Gasteiger partial charge is 0.488 e. The standard InChI is InChI=1S/C35H38N6O3.C31H32N6O2.C4H8O3.C3H5Cl/c1-22(2)33(42)38-31-19-24(17-18-36-31)21-44-29-16-15-28(26-9-7-8-10-27(26)29)37-34(43)39-32-20-30(35(4,5)6)40-41(32)25-13-11-23(3)12-14-25;1-20-9-11-22(12-10-20)37-29(18-27(36-37)31(2,3)4)35-30(38)34-25-13-14-26(24-8-6-5-7-23(24)25)39-19-21-15-16-33-28(32)17-21;1-3(7-2)4(5)6;1-3(2)4/h7-20,22H,21H2,1-6H3,(H,36,38,42)(H2,37,39,43);5-18H,19H2,1-4H3,(H2,32,33)(H2,34,35,38);3H,1-2H3,(H,5,6);1H2,2H3/t;;3-;/m..0./s1. The van der Waals surface area contributed by atoms with Crippen molar-refractivity contribution in [1.29, 1.82) is 0 Å². The fraction of sp³-hybridized carbons (Fsp3) is 0.260. The van der Waals surface area contributed by atoms with Crippen molar-refractivity contribution in [3.63, 3.8) is 0 Å². The molecule has 0 saturated heterocycles. The van der Waals surface area contributed by atoms with Crippen LogP contribution in [0, 0.1) is 19.8 Å². The summed E-state index contributed by atoms with van der Waals surface area (Å²) in [5.74, 6) is 2.30. The molecule has 21 heteroatoms. The number of carboxylic acid groups (broad SMARTS) is 1. The Hall–Kier alpha value is -10.6. The van der Waals surface area contributed by atoms with Crippen molar-refractivity contribution in [2.24, 2.45) is 5.92 Å². The van der Waals surface area contributed by atoms with E-state index in [-0.39, 0.29) is 41.3 Å². The molecule has 1 atom stereocenters. The number of allylic oxidation sites excluding steroid dienone is 1. The van der Waals surface area contributed by atoms with E-state index < -0.39 is 12.1 Å². The van der Waals surface area contributed by atoms with Gasteiger partial charge in [-0.15, -0.1) is 0 Å². The number of ether oxygens (including phenoxy) is 3. The fourth-order valence-corrected chi connectivity index (χ4v) is 8.90. The lowest BCUT2D eigenvalue weighted by Crippen LogP contribution is -2.21. The van der Waals surface area contributed by atoms with Gasteiger partial charge in [-0.3, -0.25) is 15.4 Å². The minimum Gasteiger partial charge on any atom is -0.488 e. The number of nitrogens with one attached hydrogen (secondary N) is 5. The lowest BCUT2D eigenvalue weighted by Gasteiger charge is -2.15. The molecular weight excluding hydrogens is 1210 g/mol. The van der Waals surface area contributed by atoms with Gasteiger partial charge >= 0.3 is 18.0 Å². The van der Waals surface area contributed by atoms with Crippen LogP contribution < -0.4 is 41.8 Å². The number of carbonyl (C=O) groups excluding carboxylic acids is 3. The van der Waals surface area contributed by atoms with Gasteiger partial charge in [0.05, 0.1) is 34.1 Å². The molecule has 0 bridgehead atoms. The first kappa shape index (κ1) is 70.9. The number of anilines is 6. The van der Waals surface area contributed by atoms with Gasteiger partial charge in [0, 0.05) is 75.0 Å². The quantitative estimate of drug-likeness (QED) is 0.0475. The number of nitrogen functional groups attached to an aromatic ring is 1. The molecule has 94 heavy (non-hydrogen) atoms. The molecule has 6 aromatic carbocycles. The number of carbonyl (C=O) groups is 4. The van der Waals surface area contributed by atoms with Gasteiger partial charge in [-0.25, -0.2) is 33.7 Å². The van der Waals surface area contributed by atoms with Gasteiger partial charge in [0.1, 0.15) is 48.0 Å². The first-order valence-corrected chi connectivity index (χ1v) is 30.8. The number of aliphatic carboxylic acids is 1. The van der Waals surface area contributed by atoms with Gasteiger partial charge in [0.25, 0.3) is 0 Å². The van der Waals surface area contributed by atoms with Gasteiger partial charge < -0.3 is 41.0 Å². The number of aromatic nitrogens is 6. The summed E-state index contributed by atoms with van der Waals surface area (Å²) in [6, 6.07) is 49.3. The number of hydrogen-bond donors (Lipinski definition) is 7. The second kappa shape index (κ2) is 32.1. The Kier molecular flexibility index (Phi) is 24.2. The zero-order valence-electron chi connectivity index (χ0n) is 55.4. The van der Waals surface area contributed by atoms with Crippen molar-refractivity contribution < 1.29 is 38.5 Å². The Morgan fingerprint density at radius 3 is 1.35 bits per heavy atom. The molecule has 5 amide bonds. The Morgan fingerprint density at radius 1 is 0.574 bits per heavy atom. The third-order valence-corrected chi connectivity index (χ3v) is 14.2. The van der Waals surface area contributed by atoms with Gasteiger partial charge in [-0.1, -0.05) is 157 Å². The van der Waals surface area contributed by atoms with Crippen molar-refractivity contribution in [3.8, 4) is 22.9 Å². The topological polar surface area (TPSA) is 264 Å². The molecule has 0 aliphatic rings. The molecule has 490 valence electrons. The third kappa shape index (κ3) is 20.2. The number of aryl methyl sites for hydroxylation is 2. The number of urea groups is 2. The molecule has 10 rings (SSSR count). The van der Waals surface area contributed by atoms with Gasteiger partial charge in [0.2, 0.25) is 5.91 Å². The number of hydrogen-bond acceptors (Lipinski definition) is 12. The molecule has 0 aliphatic carbocycles. The van der Waals surface area contributed by atoms with E-state index in [0.29, 0.717) is 57.8 Å². The summed E-state index contributed by atoms with van der Waals surface area (Å²) in [5, 5.41) is 36.6. The number of rotatable bonds is 16. The van der Waals surface area contributed by atoms with Crippen molar-refractivity contribution in [3.05, 3.63) is 215 Å². The van der Waals surface area contributed by atoms with Gasteiger partial charge in [-0.05, 0) is 112 Å². The monoisotopic (exact) mass is 1290 g/mol. The van der Waals surface area contributed by atoms with Crippen LogP contribution in [0.4, 0.5) is 44.2 Å². The van der Waals surface area contributed by atoms with Crippen LogP contribution in [0.25, 0.3) is 32.9 Å². The van der Waals surface area contributed by atoms with Gasteiger partial charge in [-0.2, -0.15) is 10.2 Å². The summed E-state index contributed by atoms with van der Waals surface area (Å²) in [5.41, 5.74) is 14.3. The van der Waals surface area contributed by atoms with E-state index in [2.05, 4.69) is 89.4 Å². The zero-order chi connectivity index (χ0) is 68.4. The van der Waals surface area contributed by atoms with Crippen LogP contribution in [0.3, 0.4) is 0 Å². The molecular formula is C73H83ClN12O8. The highest BCUT2D eigenvalue weighted by Crippen LogP contribution is 2.35. The predicted molar refractivity (Wildman–Crippen MR) is 377 cm³/mol.